The molecule has 0 bridgehead atoms. The van der Waals surface area contributed by atoms with Crippen molar-refractivity contribution in [3.8, 4) is 11.1 Å². The van der Waals surface area contributed by atoms with Crippen LogP contribution >= 0.6 is 0 Å². The van der Waals surface area contributed by atoms with Crippen molar-refractivity contribution in [1.82, 2.24) is 4.90 Å². The summed E-state index contributed by atoms with van der Waals surface area (Å²) in [6.45, 7) is 7.28. The van der Waals surface area contributed by atoms with Crippen LogP contribution in [0.3, 0.4) is 0 Å². The molecule has 0 aromatic heterocycles. The average molecular weight is 432 g/mol. The molecule has 2 N–H and O–H groups in total. The molecule has 1 heterocycles. The first kappa shape index (κ1) is 23.5. The second kappa shape index (κ2) is 10.9. The van der Waals surface area contributed by atoms with Crippen LogP contribution in [0.2, 0.25) is 0 Å². The number of carbonyl (C=O) groups excluding carboxylic acids is 2. The number of aliphatic imine (C=N–C) groups is 1. The monoisotopic (exact) mass is 431 g/mol. The molecule has 0 saturated heterocycles. The van der Waals surface area contributed by atoms with Crippen molar-refractivity contribution in [3.05, 3.63) is 59.2 Å². The molecule has 3 rings (SSSR count). The number of hydrogen-bond donors (Lipinski definition) is 1. The number of aryl methyl sites for hydroxylation is 1. The second-order valence-electron chi connectivity index (χ2n) is 8.41. The fourth-order valence-corrected chi connectivity index (χ4v) is 3.95. The maximum Gasteiger partial charge on any atom is 0.250 e. The van der Waals surface area contributed by atoms with Gasteiger partial charge in [0.05, 0.1) is 5.69 Å². The van der Waals surface area contributed by atoms with Crippen molar-refractivity contribution in [2.45, 2.75) is 52.9 Å². The van der Waals surface area contributed by atoms with Crippen LogP contribution in [0.1, 0.15) is 57.6 Å². The molecular formula is C27H33N3O2. The van der Waals surface area contributed by atoms with E-state index in [2.05, 4.69) is 49.2 Å². The summed E-state index contributed by atoms with van der Waals surface area (Å²) in [5.74, 6) is 0.701. The predicted molar refractivity (Wildman–Crippen MR) is 132 cm³/mol. The third kappa shape index (κ3) is 5.94. The second-order valence-corrected chi connectivity index (χ2v) is 8.41. The van der Waals surface area contributed by atoms with Gasteiger partial charge >= 0.3 is 0 Å². The van der Waals surface area contributed by atoms with Gasteiger partial charge in [0.25, 0.3) is 0 Å². The van der Waals surface area contributed by atoms with Crippen LogP contribution in [-0.2, 0) is 16.0 Å². The lowest BCUT2D eigenvalue weighted by Crippen LogP contribution is -2.34. The number of rotatable bonds is 9. The molecule has 32 heavy (non-hydrogen) atoms. The molecule has 168 valence electrons. The van der Waals surface area contributed by atoms with Crippen LogP contribution in [0.25, 0.3) is 17.2 Å². The molecule has 0 fully saturated rings. The lowest BCUT2D eigenvalue weighted by molar-refractivity contribution is -0.127. The van der Waals surface area contributed by atoms with Gasteiger partial charge in [-0.2, -0.15) is 0 Å². The van der Waals surface area contributed by atoms with Gasteiger partial charge in [-0.05, 0) is 55.0 Å². The molecule has 0 radical (unpaired) electrons. The van der Waals surface area contributed by atoms with E-state index in [1.807, 2.05) is 23.1 Å². The maximum atomic E-state index is 13.1. The molecule has 0 aliphatic carbocycles. The summed E-state index contributed by atoms with van der Waals surface area (Å²) in [5, 5.41) is 0. The number of amidine groups is 1. The van der Waals surface area contributed by atoms with Crippen LogP contribution in [0.15, 0.2) is 53.0 Å². The fourth-order valence-electron chi connectivity index (χ4n) is 3.95. The van der Waals surface area contributed by atoms with Gasteiger partial charge in [-0.15, -0.1) is 0 Å². The Bertz CT molecular complexity index is 1030. The molecule has 5 heteroatoms. The van der Waals surface area contributed by atoms with Gasteiger partial charge in [0.1, 0.15) is 11.6 Å². The summed E-state index contributed by atoms with van der Waals surface area (Å²) in [5.41, 5.74) is 11.8. The molecule has 1 amide bonds. The summed E-state index contributed by atoms with van der Waals surface area (Å²) in [4.78, 5) is 30.9. The van der Waals surface area contributed by atoms with Crippen LogP contribution in [0.4, 0.5) is 5.69 Å². The van der Waals surface area contributed by atoms with E-state index >= 15 is 0 Å². The van der Waals surface area contributed by atoms with E-state index in [4.69, 9.17) is 5.73 Å². The number of nitrogens with two attached hydrogens (primary N) is 1. The van der Waals surface area contributed by atoms with E-state index in [9.17, 15) is 9.59 Å². The highest BCUT2D eigenvalue weighted by Gasteiger charge is 2.21. The number of fused-ring (bicyclic) bond motifs is 1. The fraction of sp³-hybridized carbons (Fsp3) is 0.370. The normalized spacial score (nSPS) is 13.0. The van der Waals surface area contributed by atoms with Gasteiger partial charge in [-0.1, -0.05) is 50.2 Å². The Hall–Kier alpha value is -3.21. The lowest BCUT2D eigenvalue weighted by atomic mass is 9.99. The Balaban J connectivity index is 1.87. The van der Waals surface area contributed by atoms with Crippen molar-refractivity contribution in [1.29, 1.82) is 0 Å². The average Bonchev–Trinajstić information content (AvgIpc) is 2.94. The highest BCUT2D eigenvalue weighted by molar-refractivity contribution is 6.05. The van der Waals surface area contributed by atoms with Crippen molar-refractivity contribution < 1.29 is 9.59 Å². The van der Waals surface area contributed by atoms with Crippen LogP contribution in [-0.4, -0.2) is 35.5 Å². The van der Waals surface area contributed by atoms with Gasteiger partial charge in [0.15, 0.2) is 0 Å². The molecule has 2 aromatic carbocycles. The Kier molecular flexibility index (Phi) is 7.98. The van der Waals surface area contributed by atoms with Crippen molar-refractivity contribution >= 4 is 29.3 Å². The highest BCUT2D eigenvalue weighted by atomic mass is 16.2. The number of carbonyl (C=O) groups is 2. The van der Waals surface area contributed by atoms with E-state index in [0.29, 0.717) is 24.3 Å². The molecule has 2 aromatic rings. The third-order valence-electron chi connectivity index (χ3n) is 5.60. The van der Waals surface area contributed by atoms with Crippen LogP contribution in [0, 0.1) is 0 Å². The van der Waals surface area contributed by atoms with Crippen LogP contribution in [0.5, 0.6) is 0 Å². The molecular weight excluding hydrogens is 398 g/mol. The van der Waals surface area contributed by atoms with Crippen molar-refractivity contribution in [2.75, 3.05) is 13.1 Å². The zero-order valence-electron chi connectivity index (χ0n) is 19.4. The molecule has 5 nitrogen and oxygen atoms in total. The number of hydrogen-bond acceptors (Lipinski definition) is 4. The summed E-state index contributed by atoms with van der Waals surface area (Å²) < 4.78 is 0. The topological polar surface area (TPSA) is 75.8 Å². The first-order valence-corrected chi connectivity index (χ1v) is 11.5. The van der Waals surface area contributed by atoms with Gasteiger partial charge in [0.2, 0.25) is 5.91 Å². The lowest BCUT2D eigenvalue weighted by Gasteiger charge is -2.22. The Morgan fingerprint density at radius 2 is 1.66 bits per heavy atom. The number of amides is 1. The summed E-state index contributed by atoms with van der Waals surface area (Å²) in [6, 6.07) is 14.3. The summed E-state index contributed by atoms with van der Waals surface area (Å²) in [6.07, 6.45) is 5.47. The number of nitrogens with zero attached hydrogens (tertiary/aromatic N) is 2. The number of benzene rings is 2. The third-order valence-corrected chi connectivity index (χ3v) is 5.60. The van der Waals surface area contributed by atoms with Gasteiger partial charge in [-0.25, -0.2) is 4.99 Å². The van der Waals surface area contributed by atoms with Gasteiger partial charge in [0, 0.05) is 37.1 Å². The Morgan fingerprint density at radius 3 is 2.28 bits per heavy atom. The minimum absolute atomic E-state index is 0.0462. The molecule has 1 aliphatic heterocycles. The first-order chi connectivity index (χ1) is 15.4. The van der Waals surface area contributed by atoms with Gasteiger partial charge in [-0.3, -0.25) is 4.79 Å². The molecule has 1 aliphatic rings. The first-order valence-electron chi connectivity index (χ1n) is 11.5. The van der Waals surface area contributed by atoms with E-state index in [1.165, 1.54) is 0 Å². The van der Waals surface area contributed by atoms with E-state index < -0.39 is 0 Å². The molecule has 0 saturated carbocycles. The van der Waals surface area contributed by atoms with Crippen LogP contribution < -0.4 is 5.73 Å². The molecule has 0 spiro atoms. The summed E-state index contributed by atoms with van der Waals surface area (Å²) >= 11 is 0. The minimum Gasteiger partial charge on any atom is -0.387 e. The standard InChI is InChI=1S/C27H33N3O2/c1-4-14-30(15-5-2)27(32)24-16-23-13-12-22(17-25(23)29-26(28)18-24)21-10-8-20(9-11-21)7-6-19(3)31/h8-13,16-17H,4-7,14-15,18H2,1-3H3,(H2,28,29). The highest BCUT2D eigenvalue weighted by Crippen LogP contribution is 2.32. The SMILES string of the molecule is CCCN(CCC)C(=O)C1=Cc2ccc(-c3ccc(CCC(C)=O)cc3)cc2N=C(N)C1. The van der Waals surface area contributed by atoms with Crippen molar-refractivity contribution in [2.24, 2.45) is 10.7 Å². The summed E-state index contributed by atoms with van der Waals surface area (Å²) in [7, 11) is 0. The zero-order valence-corrected chi connectivity index (χ0v) is 19.4. The Morgan fingerprint density at radius 1 is 1.00 bits per heavy atom. The largest absolute Gasteiger partial charge is 0.387 e. The number of ketones is 1. The van der Waals surface area contributed by atoms with Crippen molar-refractivity contribution in [3.63, 3.8) is 0 Å². The smallest absolute Gasteiger partial charge is 0.250 e. The minimum atomic E-state index is 0.0462. The quantitative estimate of drug-likeness (QED) is 0.585. The number of Topliss-reactive ketones (excluding diaryl/α,β-unsaturated/α-hetero) is 1. The van der Waals surface area contributed by atoms with E-state index in [1.54, 1.807) is 6.92 Å². The molecule has 0 unspecified atom stereocenters. The molecule has 0 atom stereocenters. The van der Waals surface area contributed by atoms with E-state index in [-0.39, 0.29) is 11.7 Å². The van der Waals surface area contributed by atoms with Gasteiger partial charge < -0.3 is 15.4 Å². The predicted octanol–water partition coefficient (Wildman–Crippen LogP) is 5.30. The zero-order chi connectivity index (χ0) is 23.1. The maximum absolute atomic E-state index is 13.1. The Labute approximate surface area is 191 Å². The van der Waals surface area contributed by atoms with E-state index in [0.717, 1.165) is 60.3 Å².